The number of piperazine rings is 1. The van der Waals surface area contributed by atoms with Gasteiger partial charge in [-0.3, -0.25) is 9.69 Å². The maximum absolute atomic E-state index is 11.3. The van der Waals surface area contributed by atoms with Crippen LogP contribution in [0.3, 0.4) is 0 Å². The normalized spacial score (nSPS) is 16.6. The van der Waals surface area contributed by atoms with Gasteiger partial charge in [0.2, 0.25) is 5.91 Å². The average molecular weight is 288 g/mol. The lowest BCUT2D eigenvalue weighted by molar-refractivity contribution is -0.116. The molecule has 0 unspecified atom stereocenters. The molecule has 3 N–H and O–H groups in total. The second kappa shape index (κ2) is 7.24. The van der Waals surface area contributed by atoms with Gasteiger partial charge in [0, 0.05) is 45.0 Å². The highest BCUT2D eigenvalue weighted by Crippen LogP contribution is 2.16. The van der Waals surface area contributed by atoms with Crippen LogP contribution in [0.1, 0.15) is 11.1 Å². The summed E-state index contributed by atoms with van der Waals surface area (Å²) in [4.78, 5) is 16.1. The molecule has 0 spiro atoms. The van der Waals surface area contributed by atoms with Gasteiger partial charge in [0.15, 0.2) is 0 Å². The molecule has 0 aromatic heterocycles. The minimum atomic E-state index is -0.164. The molecule has 1 amide bonds. The maximum atomic E-state index is 11.3. The highest BCUT2D eigenvalue weighted by Gasteiger charge is 2.15. The predicted molar refractivity (Wildman–Crippen MR) is 85.7 cm³/mol. The summed E-state index contributed by atoms with van der Waals surface area (Å²) in [6.07, 6.45) is 1.28. The van der Waals surface area contributed by atoms with E-state index in [0.717, 1.165) is 44.0 Å². The van der Waals surface area contributed by atoms with Crippen LogP contribution >= 0.6 is 0 Å². The van der Waals surface area contributed by atoms with Gasteiger partial charge >= 0.3 is 0 Å². The molecule has 1 saturated heterocycles. The Labute approximate surface area is 126 Å². The molecule has 1 heterocycles. The second-order valence-electron chi connectivity index (χ2n) is 5.53. The molecule has 0 radical (unpaired) electrons. The molecule has 21 heavy (non-hydrogen) atoms. The minimum absolute atomic E-state index is 0.164. The summed E-state index contributed by atoms with van der Waals surface area (Å²) >= 11 is 0. The highest BCUT2D eigenvalue weighted by molar-refractivity contribution is 5.86. The predicted octanol–water partition coefficient (Wildman–Crippen LogP) is 0.818. The van der Waals surface area contributed by atoms with Crippen LogP contribution in [0.2, 0.25) is 0 Å². The van der Waals surface area contributed by atoms with Crippen molar-refractivity contribution in [1.82, 2.24) is 15.1 Å². The molecule has 2 rings (SSSR count). The zero-order chi connectivity index (χ0) is 15.2. The summed E-state index contributed by atoms with van der Waals surface area (Å²) in [7, 11) is 2.15. The summed E-state index contributed by atoms with van der Waals surface area (Å²) in [5.74, 6) is -0.164. The fraction of sp³-hybridized carbons (Fsp3) is 0.438. The third-order valence-electron chi connectivity index (χ3n) is 3.86. The topological polar surface area (TPSA) is 61.6 Å². The van der Waals surface area contributed by atoms with Gasteiger partial charge in [0.25, 0.3) is 0 Å². The lowest BCUT2D eigenvalue weighted by Gasteiger charge is -2.32. The lowest BCUT2D eigenvalue weighted by atomic mass is 10.1. The van der Waals surface area contributed by atoms with E-state index >= 15 is 0 Å². The van der Waals surface area contributed by atoms with Crippen molar-refractivity contribution in [3.8, 4) is 0 Å². The van der Waals surface area contributed by atoms with E-state index in [1.54, 1.807) is 0 Å². The molecule has 1 aliphatic rings. The number of anilines is 1. The Kier molecular flexibility index (Phi) is 5.36. The third-order valence-corrected chi connectivity index (χ3v) is 3.86. The molecule has 1 aliphatic heterocycles. The molecule has 0 bridgehead atoms. The quantitative estimate of drug-likeness (QED) is 0.622. The minimum Gasteiger partial charge on any atom is -0.399 e. The summed E-state index contributed by atoms with van der Waals surface area (Å²) < 4.78 is 0. The van der Waals surface area contributed by atoms with Gasteiger partial charge in [-0.15, -0.1) is 0 Å². The molecule has 1 aromatic carbocycles. The van der Waals surface area contributed by atoms with Crippen molar-refractivity contribution in [2.75, 3.05) is 39.0 Å². The number of carbonyl (C=O) groups is 1. The van der Waals surface area contributed by atoms with E-state index in [4.69, 9.17) is 5.73 Å². The smallest absolute Gasteiger partial charge is 0.243 e. The molecule has 0 aliphatic carbocycles. The van der Waals surface area contributed by atoms with Crippen molar-refractivity contribution in [3.05, 3.63) is 42.0 Å². The van der Waals surface area contributed by atoms with E-state index in [2.05, 4.69) is 34.8 Å². The number of nitrogen functional groups attached to an aromatic ring is 1. The Hall–Kier alpha value is -1.85. The lowest BCUT2D eigenvalue weighted by Crippen LogP contribution is -2.44. The molecule has 5 nitrogen and oxygen atoms in total. The van der Waals surface area contributed by atoms with Crippen LogP contribution < -0.4 is 11.1 Å². The number of carbonyl (C=O) groups excluding carboxylic acids is 1. The number of benzene rings is 1. The Balaban J connectivity index is 2.03. The maximum Gasteiger partial charge on any atom is 0.243 e. The molecule has 1 aromatic rings. The van der Waals surface area contributed by atoms with Crippen LogP contribution in [0.15, 0.2) is 30.9 Å². The number of nitrogens with one attached hydrogen (secondary N) is 1. The molecular formula is C16H24N4O. The molecule has 0 saturated carbocycles. The van der Waals surface area contributed by atoms with E-state index in [9.17, 15) is 4.79 Å². The Bertz CT molecular complexity index is 507. The van der Waals surface area contributed by atoms with Gasteiger partial charge in [0.1, 0.15) is 0 Å². The van der Waals surface area contributed by atoms with Crippen molar-refractivity contribution in [3.63, 3.8) is 0 Å². The van der Waals surface area contributed by atoms with E-state index in [0.29, 0.717) is 6.54 Å². The highest BCUT2D eigenvalue weighted by atomic mass is 16.1. The van der Waals surface area contributed by atoms with Gasteiger partial charge in [0.05, 0.1) is 0 Å². The summed E-state index contributed by atoms with van der Waals surface area (Å²) in [6.45, 7) is 9.17. The first-order valence-electron chi connectivity index (χ1n) is 7.27. The van der Waals surface area contributed by atoms with E-state index in [1.807, 2.05) is 12.1 Å². The first-order chi connectivity index (χ1) is 10.1. The summed E-state index contributed by atoms with van der Waals surface area (Å²) in [5, 5.41) is 2.82. The van der Waals surface area contributed by atoms with E-state index < -0.39 is 0 Å². The Morgan fingerprint density at radius 1 is 1.33 bits per heavy atom. The van der Waals surface area contributed by atoms with Crippen molar-refractivity contribution < 1.29 is 4.79 Å². The number of nitrogens with two attached hydrogens (primary N) is 1. The molecule has 114 valence electrons. The van der Waals surface area contributed by atoms with Crippen molar-refractivity contribution in [2.24, 2.45) is 0 Å². The average Bonchev–Trinajstić information content (AvgIpc) is 2.49. The monoisotopic (exact) mass is 288 g/mol. The number of likely N-dealkylation sites (N-methyl/N-ethyl adjacent to an activating group) is 1. The van der Waals surface area contributed by atoms with Gasteiger partial charge in [-0.25, -0.2) is 0 Å². The van der Waals surface area contributed by atoms with Gasteiger partial charge in [-0.1, -0.05) is 12.6 Å². The SMILES string of the molecule is C=CC(=O)NCc1cc(N)ccc1CN1CCN(C)CC1. The molecular weight excluding hydrogens is 264 g/mol. The second-order valence-corrected chi connectivity index (χ2v) is 5.53. The van der Waals surface area contributed by atoms with E-state index in [1.165, 1.54) is 11.6 Å². The van der Waals surface area contributed by atoms with Crippen LogP contribution in [-0.4, -0.2) is 48.9 Å². The van der Waals surface area contributed by atoms with Crippen LogP contribution in [0.4, 0.5) is 5.69 Å². The Morgan fingerprint density at radius 2 is 2.05 bits per heavy atom. The number of hydrogen-bond acceptors (Lipinski definition) is 4. The molecule has 0 atom stereocenters. The Morgan fingerprint density at radius 3 is 2.71 bits per heavy atom. The molecule has 1 fully saturated rings. The fourth-order valence-electron chi connectivity index (χ4n) is 2.47. The van der Waals surface area contributed by atoms with Gasteiger partial charge in [-0.2, -0.15) is 0 Å². The third kappa shape index (κ3) is 4.58. The largest absolute Gasteiger partial charge is 0.399 e. The van der Waals surface area contributed by atoms with Crippen LogP contribution in [0.25, 0.3) is 0 Å². The number of hydrogen-bond donors (Lipinski definition) is 2. The standard InChI is InChI=1S/C16H24N4O/c1-3-16(21)18-11-14-10-15(17)5-4-13(14)12-20-8-6-19(2)7-9-20/h3-5,10H,1,6-9,11-12,17H2,2H3,(H,18,21). The molecule has 5 heteroatoms. The summed E-state index contributed by atoms with van der Waals surface area (Å²) in [5.41, 5.74) is 8.88. The fourth-order valence-corrected chi connectivity index (χ4v) is 2.47. The van der Waals surface area contributed by atoms with Gasteiger partial charge < -0.3 is 16.0 Å². The first-order valence-corrected chi connectivity index (χ1v) is 7.27. The number of rotatable bonds is 5. The number of amides is 1. The summed E-state index contributed by atoms with van der Waals surface area (Å²) in [6, 6.07) is 5.92. The van der Waals surface area contributed by atoms with Crippen LogP contribution in [-0.2, 0) is 17.9 Å². The van der Waals surface area contributed by atoms with E-state index in [-0.39, 0.29) is 5.91 Å². The van der Waals surface area contributed by atoms with Gasteiger partial charge in [-0.05, 0) is 36.4 Å². The van der Waals surface area contributed by atoms with Crippen molar-refractivity contribution in [1.29, 1.82) is 0 Å². The van der Waals surface area contributed by atoms with Crippen LogP contribution in [0, 0.1) is 0 Å². The van der Waals surface area contributed by atoms with Crippen molar-refractivity contribution in [2.45, 2.75) is 13.1 Å². The zero-order valence-corrected chi connectivity index (χ0v) is 12.6. The van der Waals surface area contributed by atoms with Crippen molar-refractivity contribution >= 4 is 11.6 Å². The zero-order valence-electron chi connectivity index (χ0n) is 12.6. The first kappa shape index (κ1) is 15.5. The van der Waals surface area contributed by atoms with Crippen LogP contribution in [0.5, 0.6) is 0 Å². The number of nitrogens with zero attached hydrogens (tertiary/aromatic N) is 2.